The molecule has 2 aliphatic rings. The zero-order valence-corrected chi connectivity index (χ0v) is 13.9. The molecule has 4 nitrogen and oxygen atoms in total. The molecular formula is C20H22N2O2. The fraction of sp³-hybridized carbons (Fsp3) is 0.350. The standard InChI is InChI=1S/C20H22N2O2/c1-24-18-8-7-16-11-17-14-21(13-15-5-3-2-4-6-15)9-10-22(17)20(23)19(16)12-18/h2-8,12,17H,9-11,13-14H2,1H3. The summed E-state index contributed by atoms with van der Waals surface area (Å²) in [5.41, 5.74) is 3.28. The molecule has 0 saturated carbocycles. The molecule has 124 valence electrons. The molecule has 2 aromatic carbocycles. The second kappa shape index (κ2) is 6.29. The summed E-state index contributed by atoms with van der Waals surface area (Å²) in [5.74, 6) is 0.905. The van der Waals surface area contributed by atoms with Crippen LogP contribution in [-0.2, 0) is 13.0 Å². The molecule has 0 aromatic heterocycles. The van der Waals surface area contributed by atoms with Gasteiger partial charge in [-0.1, -0.05) is 36.4 Å². The average Bonchev–Trinajstić information content (AvgIpc) is 2.62. The van der Waals surface area contributed by atoms with Crippen molar-refractivity contribution in [2.45, 2.75) is 19.0 Å². The van der Waals surface area contributed by atoms with Gasteiger partial charge in [0.2, 0.25) is 0 Å². The molecule has 1 fully saturated rings. The Balaban J connectivity index is 1.52. The van der Waals surface area contributed by atoms with Crippen molar-refractivity contribution in [2.75, 3.05) is 26.7 Å². The summed E-state index contributed by atoms with van der Waals surface area (Å²) in [5, 5.41) is 0. The second-order valence-corrected chi connectivity index (χ2v) is 6.60. The minimum atomic E-state index is 0.152. The molecule has 0 radical (unpaired) electrons. The number of carbonyl (C=O) groups is 1. The first-order valence-electron chi connectivity index (χ1n) is 8.49. The van der Waals surface area contributed by atoms with E-state index in [1.807, 2.05) is 29.2 Å². The molecular weight excluding hydrogens is 300 g/mol. The molecule has 4 rings (SSSR count). The van der Waals surface area contributed by atoms with Crippen LogP contribution < -0.4 is 4.74 Å². The number of amides is 1. The fourth-order valence-corrected chi connectivity index (χ4v) is 3.82. The van der Waals surface area contributed by atoms with Gasteiger partial charge in [-0.25, -0.2) is 0 Å². The lowest BCUT2D eigenvalue weighted by Crippen LogP contribution is -2.57. The number of benzene rings is 2. The van der Waals surface area contributed by atoms with E-state index in [0.29, 0.717) is 0 Å². The molecule has 0 N–H and O–H groups in total. The minimum absolute atomic E-state index is 0.152. The van der Waals surface area contributed by atoms with Crippen molar-refractivity contribution in [3.05, 3.63) is 65.2 Å². The van der Waals surface area contributed by atoms with Gasteiger partial charge >= 0.3 is 0 Å². The first-order valence-corrected chi connectivity index (χ1v) is 8.49. The van der Waals surface area contributed by atoms with E-state index in [2.05, 4.69) is 29.2 Å². The highest BCUT2D eigenvalue weighted by atomic mass is 16.5. The third-order valence-corrected chi connectivity index (χ3v) is 5.08. The fourth-order valence-electron chi connectivity index (χ4n) is 3.82. The number of ether oxygens (including phenoxy) is 1. The van der Waals surface area contributed by atoms with Crippen molar-refractivity contribution in [3.8, 4) is 5.75 Å². The summed E-state index contributed by atoms with van der Waals surface area (Å²) in [6, 6.07) is 16.7. The number of hydrogen-bond acceptors (Lipinski definition) is 3. The maximum Gasteiger partial charge on any atom is 0.254 e. The number of piperazine rings is 1. The van der Waals surface area contributed by atoms with Crippen molar-refractivity contribution in [1.29, 1.82) is 0 Å². The molecule has 1 atom stereocenters. The van der Waals surface area contributed by atoms with Gasteiger partial charge in [-0.05, 0) is 29.7 Å². The van der Waals surface area contributed by atoms with E-state index >= 15 is 0 Å². The van der Waals surface area contributed by atoms with Crippen LogP contribution in [0.4, 0.5) is 0 Å². The average molecular weight is 322 g/mol. The van der Waals surface area contributed by atoms with Crippen LogP contribution in [0.5, 0.6) is 5.75 Å². The maximum absolute atomic E-state index is 12.8. The predicted molar refractivity (Wildman–Crippen MR) is 93.2 cm³/mol. The molecule has 2 aliphatic heterocycles. The largest absolute Gasteiger partial charge is 0.497 e. The van der Waals surface area contributed by atoms with Gasteiger partial charge < -0.3 is 9.64 Å². The van der Waals surface area contributed by atoms with Crippen LogP contribution in [-0.4, -0.2) is 48.5 Å². The monoisotopic (exact) mass is 322 g/mol. The Bertz CT molecular complexity index is 745. The van der Waals surface area contributed by atoms with Gasteiger partial charge in [-0.15, -0.1) is 0 Å². The summed E-state index contributed by atoms with van der Waals surface area (Å²) in [6.07, 6.45) is 0.927. The number of methoxy groups -OCH3 is 1. The van der Waals surface area contributed by atoms with Crippen LogP contribution in [0, 0.1) is 0 Å². The molecule has 4 heteroatoms. The zero-order valence-electron chi connectivity index (χ0n) is 13.9. The lowest BCUT2D eigenvalue weighted by atomic mass is 9.91. The Hall–Kier alpha value is -2.33. The highest BCUT2D eigenvalue weighted by Crippen LogP contribution is 2.29. The minimum Gasteiger partial charge on any atom is -0.497 e. The normalized spacial score (nSPS) is 20.5. The quantitative estimate of drug-likeness (QED) is 0.871. The van der Waals surface area contributed by atoms with Gasteiger partial charge in [0.05, 0.1) is 7.11 Å². The number of carbonyl (C=O) groups excluding carboxylic acids is 1. The second-order valence-electron chi connectivity index (χ2n) is 6.60. The van der Waals surface area contributed by atoms with Crippen molar-refractivity contribution in [2.24, 2.45) is 0 Å². The van der Waals surface area contributed by atoms with Crippen LogP contribution in [0.25, 0.3) is 0 Å². The van der Waals surface area contributed by atoms with Gasteiger partial charge in [0.25, 0.3) is 5.91 Å². The molecule has 1 amide bonds. The molecule has 0 aliphatic carbocycles. The number of rotatable bonds is 3. The van der Waals surface area contributed by atoms with Gasteiger partial charge in [-0.3, -0.25) is 9.69 Å². The van der Waals surface area contributed by atoms with Gasteiger partial charge in [0, 0.05) is 37.8 Å². The van der Waals surface area contributed by atoms with Crippen LogP contribution in [0.15, 0.2) is 48.5 Å². The van der Waals surface area contributed by atoms with Crippen LogP contribution in [0.3, 0.4) is 0 Å². The van der Waals surface area contributed by atoms with Crippen LogP contribution in [0.2, 0.25) is 0 Å². The van der Waals surface area contributed by atoms with E-state index in [-0.39, 0.29) is 11.9 Å². The zero-order chi connectivity index (χ0) is 16.5. The Morgan fingerprint density at radius 2 is 1.96 bits per heavy atom. The van der Waals surface area contributed by atoms with Crippen LogP contribution >= 0.6 is 0 Å². The first-order chi connectivity index (χ1) is 11.7. The van der Waals surface area contributed by atoms with E-state index in [4.69, 9.17) is 4.74 Å². The van der Waals surface area contributed by atoms with Crippen molar-refractivity contribution in [3.63, 3.8) is 0 Å². The molecule has 0 spiro atoms. The molecule has 0 bridgehead atoms. The number of fused-ring (bicyclic) bond motifs is 2. The SMILES string of the molecule is COc1ccc2c(c1)C(=O)N1CCN(Cc3ccccc3)CC1C2. The highest BCUT2D eigenvalue weighted by Gasteiger charge is 2.36. The van der Waals surface area contributed by atoms with E-state index in [9.17, 15) is 4.79 Å². The Labute approximate surface area is 142 Å². The number of hydrogen-bond donors (Lipinski definition) is 0. The Morgan fingerprint density at radius 3 is 2.75 bits per heavy atom. The maximum atomic E-state index is 12.8. The summed E-state index contributed by atoms with van der Waals surface area (Å²) in [7, 11) is 1.64. The molecule has 24 heavy (non-hydrogen) atoms. The summed E-state index contributed by atoms with van der Waals surface area (Å²) < 4.78 is 5.27. The lowest BCUT2D eigenvalue weighted by molar-refractivity contribution is 0.0401. The topological polar surface area (TPSA) is 32.8 Å². The smallest absolute Gasteiger partial charge is 0.254 e. The highest BCUT2D eigenvalue weighted by molar-refractivity contribution is 5.97. The third-order valence-electron chi connectivity index (χ3n) is 5.08. The molecule has 2 heterocycles. The Morgan fingerprint density at radius 1 is 1.12 bits per heavy atom. The van der Waals surface area contributed by atoms with Crippen LogP contribution in [0.1, 0.15) is 21.5 Å². The molecule has 1 saturated heterocycles. The first kappa shape index (κ1) is 15.2. The van der Waals surface area contributed by atoms with Gasteiger partial charge in [0.15, 0.2) is 0 Å². The van der Waals surface area contributed by atoms with Crippen molar-refractivity contribution in [1.82, 2.24) is 9.80 Å². The summed E-state index contributed by atoms with van der Waals surface area (Å²) in [6.45, 7) is 3.62. The summed E-state index contributed by atoms with van der Waals surface area (Å²) >= 11 is 0. The summed E-state index contributed by atoms with van der Waals surface area (Å²) in [4.78, 5) is 17.3. The molecule has 1 unspecified atom stereocenters. The Kier molecular flexibility index (Phi) is 3.98. The van der Waals surface area contributed by atoms with Crippen molar-refractivity contribution < 1.29 is 9.53 Å². The lowest BCUT2D eigenvalue weighted by Gasteiger charge is -2.44. The van der Waals surface area contributed by atoms with Crippen molar-refractivity contribution >= 4 is 5.91 Å². The number of nitrogens with zero attached hydrogens (tertiary/aromatic N) is 2. The van der Waals surface area contributed by atoms with E-state index in [1.54, 1.807) is 7.11 Å². The van der Waals surface area contributed by atoms with E-state index in [0.717, 1.165) is 49.5 Å². The van der Waals surface area contributed by atoms with Gasteiger partial charge in [-0.2, -0.15) is 0 Å². The molecule has 2 aromatic rings. The predicted octanol–water partition coefficient (Wildman–Crippen LogP) is 2.58. The van der Waals surface area contributed by atoms with E-state index < -0.39 is 0 Å². The van der Waals surface area contributed by atoms with Gasteiger partial charge in [0.1, 0.15) is 5.75 Å². The van der Waals surface area contributed by atoms with E-state index in [1.165, 1.54) is 5.56 Å². The third kappa shape index (κ3) is 2.78.